The Morgan fingerprint density at radius 2 is 1.75 bits per heavy atom. The minimum absolute atomic E-state index is 0.553. The number of pyridine rings is 1. The summed E-state index contributed by atoms with van der Waals surface area (Å²) in [5, 5.41) is 12.7. The summed E-state index contributed by atoms with van der Waals surface area (Å²) in [5.74, 6) is 1.17. The highest BCUT2D eigenvalue weighted by molar-refractivity contribution is 5.90. The summed E-state index contributed by atoms with van der Waals surface area (Å²) in [4.78, 5) is 4.44. The molecule has 0 atom stereocenters. The zero-order valence-electron chi connectivity index (χ0n) is 13.0. The molecule has 118 valence electrons. The Balaban J connectivity index is 1.43. The molecule has 2 heterocycles. The van der Waals surface area contributed by atoms with Crippen molar-refractivity contribution in [1.29, 1.82) is 0 Å². The fourth-order valence-corrected chi connectivity index (χ4v) is 2.60. The summed E-state index contributed by atoms with van der Waals surface area (Å²) < 4.78 is 5.72. The van der Waals surface area contributed by atoms with Gasteiger partial charge in [-0.15, -0.1) is 10.2 Å². The molecule has 24 heavy (non-hydrogen) atoms. The number of hydrogen-bond acceptors (Lipinski definition) is 5. The molecular formula is C19H16N4O. The third-order valence-corrected chi connectivity index (χ3v) is 3.77. The summed E-state index contributed by atoms with van der Waals surface area (Å²) in [6.07, 6.45) is 2.46. The Bertz CT molecular complexity index is 944. The minimum Gasteiger partial charge on any atom is -0.421 e. The van der Waals surface area contributed by atoms with Crippen molar-refractivity contribution in [3.05, 3.63) is 72.8 Å². The van der Waals surface area contributed by atoms with Gasteiger partial charge in [-0.05, 0) is 24.3 Å². The van der Waals surface area contributed by atoms with Crippen molar-refractivity contribution in [2.24, 2.45) is 0 Å². The first kappa shape index (κ1) is 14.4. The molecular weight excluding hydrogens is 300 g/mol. The topological polar surface area (TPSA) is 63.8 Å². The molecule has 4 aromatic rings. The normalized spacial score (nSPS) is 10.8. The van der Waals surface area contributed by atoms with Gasteiger partial charge in [0.2, 0.25) is 11.8 Å². The Labute approximate surface area is 139 Å². The minimum atomic E-state index is 0.553. The predicted molar refractivity (Wildman–Crippen MR) is 93.7 cm³/mol. The smallest absolute Gasteiger partial charge is 0.247 e. The van der Waals surface area contributed by atoms with Crippen LogP contribution in [0.2, 0.25) is 0 Å². The molecule has 5 heteroatoms. The maximum Gasteiger partial charge on any atom is 0.247 e. The highest BCUT2D eigenvalue weighted by Gasteiger charge is 2.08. The first-order valence-corrected chi connectivity index (χ1v) is 7.85. The standard InChI is InChI=1S/C19H16N4O/c1-2-6-15(7-3-1)19-23-22-17(24-19)11-13-20-16-10-4-8-14-9-5-12-21-18(14)16/h1-10,12,20H,11,13H2. The first-order chi connectivity index (χ1) is 11.9. The van der Waals surface area contributed by atoms with E-state index in [-0.39, 0.29) is 0 Å². The summed E-state index contributed by atoms with van der Waals surface area (Å²) in [6.45, 7) is 0.701. The molecule has 0 saturated heterocycles. The number of aromatic nitrogens is 3. The molecule has 0 fully saturated rings. The van der Waals surface area contributed by atoms with Crippen LogP contribution in [0.1, 0.15) is 5.89 Å². The van der Waals surface area contributed by atoms with Gasteiger partial charge in [0, 0.05) is 30.1 Å². The lowest BCUT2D eigenvalue weighted by Gasteiger charge is -2.07. The zero-order valence-corrected chi connectivity index (χ0v) is 13.0. The summed E-state index contributed by atoms with van der Waals surface area (Å²) >= 11 is 0. The number of nitrogens with one attached hydrogen (secondary N) is 1. The van der Waals surface area contributed by atoms with Crippen molar-refractivity contribution in [2.75, 3.05) is 11.9 Å². The van der Waals surface area contributed by atoms with Crippen molar-refractivity contribution in [1.82, 2.24) is 15.2 Å². The van der Waals surface area contributed by atoms with E-state index in [0.29, 0.717) is 24.7 Å². The molecule has 0 bridgehead atoms. The van der Waals surface area contributed by atoms with Gasteiger partial charge in [-0.2, -0.15) is 0 Å². The zero-order chi connectivity index (χ0) is 16.2. The van der Waals surface area contributed by atoms with Crippen LogP contribution in [-0.4, -0.2) is 21.7 Å². The van der Waals surface area contributed by atoms with E-state index >= 15 is 0 Å². The Morgan fingerprint density at radius 3 is 2.67 bits per heavy atom. The molecule has 0 radical (unpaired) electrons. The second-order valence-electron chi connectivity index (χ2n) is 5.42. The third-order valence-electron chi connectivity index (χ3n) is 3.77. The van der Waals surface area contributed by atoms with Crippen molar-refractivity contribution in [3.63, 3.8) is 0 Å². The van der Waals surface area contributed by atoms with Gasteiger partial charge >= 0.3 is 0 Å². The molecule has 0 spiro atoms. The van der Waals surface area contributed by atoms with Crippen LogP contribution in [0.3, 0.4) is 0 Å². The lowest BCUT2D eigenvalue weighted by Crippen LogP contribution is -2.05. The van der Waals surface area contributed by atoms with Crippen LogP contribution in [0.25, 0.3) is 22.4 Å². The van der Waals surface area contributed by atoms with E-state index in [2.05, 4.69) is 32.6 Å². The third kappa shape index (κ3) is 2.96. The van der Waals surface area contributed by atoms with E-state index in [1.165, 1.54) is 0 Å². The van der Waals surface area contributed by atoms with Crippen LogP contribution in [0.4, 0.5) is 5.69 Å². The lowest BCUT2D eigenvalue weighted by molar-refractivity contribution is 0.509. The molecule has 2 aromatic carbocycles. The number of benzene rings is 2. The highest BCUT2D eigenvalue weighted by atomic mass is 16.4. The number of nitrogens with zero attached hydrogens (tertiary/aromatic N) is 3. The van der Waals surface area contributed by atoms with E-state index in [1.54, 1.807) is 6.20 Å². The van der Waals surface area contributed by atoms with Gasteiger partial charge in [0.05, 0.1) is 11.2 Å². The SMILES string of the molecule is c1ccc(-c2nnc(CCNc3cccc4cccnc34)o2)cc1. The van der Waals surface area contributed by atoms with Gasteiger partial charge in [-0.3, -0.25) is 4.98 Å². The highest BCUT2D eigenvalue weighted by Crippen LogP contribution is 2.21. The largest absolute Gasteiger partial charge is 0.421 e. The monoisotopic (exact) mass is 316 g/mol. The van der Waals surface area contributed by atoms with Crippen LogP contribution >= 0.6 is 0 Å². The number of hydrogen-bond donors (Lipinski definition) is 1. The van der Waals surface area contributed by atoms with Gasteiger partial charge in [0.15, 0.2) is 0 Å². The second kappa shape index (κ2) is 6.50. The Kier molecular flexibility index (Phi) is 3.90. The van der Waals surface area contributed by atoms with Gasteiger partial charge in [-0.1, -0.05) is 36.4 Å². The summed E-state index contributed by atoms with van der Waals surface area (Å²) in [6, 6.07) is 19.9. The van der Waals surface area contributed by atoms with E-state index < -0.39 is 0 Å². The maximum absolute atomic E-state index is 5.72. The molecule has 1 N–H and O–H groups in total. The molecule has 2 aromatic heterocycles. The summed E-state index contributed by atoms with van der Waals surface area (Å²) in [7, 11) is 0. The molecule has 0 amide bonds. The van der Waals surface area contributed by atoms with Gasteiger partial charge in [0.1, 0.15) is 0 Å². The van der Waals surface area contributed by atoms with E-state index in [0.717, 1.165) is 22.2 Å². The van der Waals surface area contributed by atoms with E-state index in [4.69, 9.17) is 4.42 Å². The van der Waals surface area contributed by atoms with Gasteiger partial charge < -0.3 is 9.73 Å². The molecule has 0 unspecified atom stereocenters. The van der Waals surface area contributed by atoms with E-state index in [9.17, 15) is 0 Å². The fourth-order valence-electron chi connectivity index (χ4n) is 2.60. The predicted octanol–water partition coefficient (Wildman–Crippen LogP) is 3.94. The lowest BCUT2D eigenvalue weighted by atomic mass is 10.2. The molecule has 0 aliphatic heterocycles. The fraction of sp³-hybridized carbons (Fsp3) is 0.105. The Hall–Kier alpha value is -3.21. The van der Waals surface area contributed by atoms with Crippen LogP contribution in [0.15, 0.2) is 71.3 Å². The summed E-state index contributed by atoms with van der Waals surface area (Å²) in [5.41, 5.74) is 2.91. The maximum atomic E-state index is 5.72. The van der Waals surface area contributed by atoms with Crippen molar-refractivity contribution >= 4 is 16.6 Å². The van der Waals surface area contributed by atoms with Gasteiger partial charge in [0.25, 0.3) is 0 Å². The number of rotatable bonds is 5. The van der Waals surface area contributed by atoms with Crippen molar-refractivity contribution in [2.45, 2.75) is 6.42 Å². The van der Waals surface area contributed by atoms with Crippen molar-refractivity contribution in [3.8, 4) is 11.5 Å². The average Bonchev–Trinajstić information content (AvgIpc) is 3.12. The first-order valence-electron chi connectivity index (χ1n) is 7.85. The van der Waals surface area contributed by atoms with Crippen LogP contribution in [0.5, 0.6) is 0 Å². The number of anilines is 1. The average molecular weight is 316 g/mol. The molecule has 4 rings (SSSR count). The molecule has 0 aliphatic rings. The number of fused-ring (bicyclic) bond motifs is 1. The van der Waals surface area contributed by atoms with Gasteiger partial charge in [-0.25, -0.2) is 0 Å². The second-order valence-corrected chi connectivity index (χ2v) is 5.42. The van der Waals surface area contributed by atoms with Crippen LogP contribution in [0, 0.1) is 0 Å². The number of para-hydroxylation sites is 1. The molecule has 5 nitrogen and oxygen atoms in total. The van der Waals surface area contributed by atoms with Crippen LogP contribution < -0.4 is 5.32 Å². The quantitative estimate of drug-likeness (QED) is 0.604. The van der Waals surface area contributed by atoms with Crippen molar-refractivity contribution < 1.29 is 4.42 Å². The van der Waals surface area contributed by atoms with Crippen LogP contribution in [-0.2, 0) is 6.42 Å². The molecule has 0 aliphatic carbocycles. The van der Waals surface area contributed by atoms with E-state index in [1.807, 2.05) is 48.5 Å². The molecule has 0 saturated carbocycles. The Morgan fingerprint density at radius 1 is 0.875 bits per heavy atom.